The fourth-order valence-electron chi connectivity index (χ4n) is 2.31. The van der Waals surface area contributed by atoms with Crippen molar-refractivity contribution in [3.63, 3.8) is 0 Å². The van der Waals surface area contributed by atoms with Gasteiger partial charge in [-0.3, -0.25) is 9.69 Å². The van der Waals surface area contributed by atoms with Gasteiger partial charge in [0.2, 0.25) is 5.91 Å². The molecule has 138 valence electrons. The lowest BCUT2D eigenvalue weighted by atomic mass is 10.2. The quantitative estimate of drug-likeness (QED) is 0.737. The van der Waals surface area contributed by atoms with Crippen LogP contribution in [0.2, 0.25) is 0 Å². The Kier molecular flexibility index (Phi) is 7.17. The topological polar surface area (TPSA) is 67.9 Å². The second-order valence-corrected chi connectivity index (χ2v) is 6.02. The molecule has 0 saturated carbocycles. The van der Waals surface area contributed by atoms with Gasteiger partial charge in [-0.25, -0.2) is 4.79 Å². The van der Waals surface area contributed by atoms with Crippen LogP contribution in [-0.4, -0.2) is 50.6 Å². The zero-order chi connectivity index (χ0) is 18.9. The van der Waals surface area contributed by atoms with Crippen LogP contribution in [0.25, 0.3) is 0 Å². The second-order valence-electron chi connectivity index (χ2n) is 6.02. The van der Waals surface area contributed by atoms with E-state index in [2.05, 4.69) is 10.1 Å². The summed E-state index contributed by atoms with van der Waals surface area (Å²) in [6, 6.07) is 14.5. The number of methoxy groups -OCH3 is 1. The van der Waals surface area contributed by atoms with Crippen molar-refractivity contribution in [1.29, 1.82) is 0 Å². The van der Waals surface area contributed by atoms with Crippen molar-refractivity contribution in [3.8, 4) is 5.75 Å². The molecule has 0 spiro atoms. The highest BCUT2D eigenvalue weighted by molar-refractivity contribution is 5.92. The molecule has 0 saturated heterocycles. The number of amides is 1. The molecule has 0 unspecified atom stereocenters. The average Bonchev–Trinajstić information content (AvgIpc) is 2.63. The van der Waals surface area contributed by atoms with E-state index in [-0.39, 0.29) is 12.5 Å². The number of esters is 1. The van der Waals surface area contributed by atoms with Gasteiger partial charge in [0.25, 0.3) is 0 Å². The van der Waals surface area contributed by atoms with Gasteiger partial charge in [-0.15, -0.1) is 0 Å². The van der Waals surface area contributed by atoms with Gasteiger partial charge in [0.15, 0.2) is 0 Å². The smallest absolute Gasteiger partial charge is 0.337 e. The third-order valence-electron chi connectivity index (χ3n) is 3.75. The first-order valence-electron chi connectivity index (χ1n) is 8.34. The molecule has 6 heteroatoms. The Morgan fingerprint density at radius 3 is 2.54 bits per heavy atom. The number of hydrogen-bond acceptors (Lipinski definition) is 5. The number of likely N-dealkylation sites (N-methyl/N-ethyl adjacent to an activating group) is 1. The molecule has 2 aromatic rings. The fourth-order valence-corrected chi connectivity index (χ4v) is 2.31. The van der Waals surface area contributed by atoms with Crippen molar-refractivity contribution < 1.29 is 19.1 Å². The average molecular weight is 356 g/mol. The Balaban J connectivity index is 1.74. The minimum absolute atomic E-state index is 0.0796. The highest BCUT2D eigenvalue weighted by Gasteiger charge is 2.09. The van der Waals surface area contributed by atoms with Crippen molar-refractivity contribution in [3.05, 3.63) is 59.7 Å². The molecule has 0 aliphatic carbocycles. The molecular formula is C20H24N2O4. The van der Waals surface area contributed by atoms with Crippen LogP contribution in [0.4, 0.5) is 5.69 Å². The zero-order valence-electron chi connectivity index (χ0n) is 15.3. The monoisotopic (exact) mass is 356 g/mol. The summed E-state index contributed by atoms with van der Waals surface area (Å²) in [5.41, 5.74) is 2.37. The number of carbonyl (C=O) groups is 2. The first kappa shape index (κ1) is 19.5. The molecule has 6 nitrogen and oxygen atoms in total. The van der Waals surface area contributed by atoms with Gasteiger partial charge in [-0.2, -0.15) is 0 Å². The number of nitrogens with one attached hydrogen (secondary N) is 1. The molecule has 1 N–H and O–H groups in total. The normalized spacial score (nSPS) is 10.5. The van der Waals surface area contributed by atoms with Crippen molar-refractivity contribution in [2.45, 2.75) is 6.92 Å². The van der Waals surface area contributed by atoms with Crippen LogP contribution >= 0.6 is 0 Å². The summed E-state index contributed by atoms with van der Waals surface area (Å²) in [5.74, 6) is 0.106. The molecule has 2 aromatic carbocycles. The first-order valence-corrected chi connectivity index (χ1v) is 8.34. The Morgan fingerprint density at radius 1 is 1.12 bits per heavy atom. The van der Waals surface area contributed by atoms with Crippen molar-refractivity contribution in [1.82, 2.24) is 4.90 Å². The summed E-state index contributed by atoms with van der Waals surface area (Å²) in [5, 5.41) is 2.86. The molecule has 0 heterocycles. The number of benzene rings is 2. The van der Waals surface area contributed by atoms with Crippen molar-refractivity contribution >= 4 is 17.6 Å². The Hall–Kier alpha value is -2.86. The predicted octanol–water partition coefficient (Wildman–Crippen LogP) is 2.73. The number of nitrogens with zero attached hydrogens (tertiary/aromatic N) is 1. The van der Waals surface area contributed by atoms with Crippen LogP contribution < -0.4 is 10.1 Å². The lowest BCUT2D eigenvalue weighted by Gasteiger charge is -2.17. The third kappa shape index (κ3) is 6.22. The first-order chi connectivity index (χ1) is 12.5. The lowest BCUT2D eigenvalue weighted by molar-refractivity contribution is -0.117. The van der Waals surface area contributed by atoms with Crippen molar-refractivity contribution in [2.24, 2.45) is 0 Å². The van der Waals surface area contributed by atoms with Gasteiger partial charge in [-0.05, 0) is 44.3 Å². The van der Waals surface area contributed by atoms with E-state index in [1.54, 1.807) is 24.3 Å². The summed E-state index contributed by atoms with van der Waals surface area (Å²) in [6.07, 6.45) is 0. The van der Waals surface area contributed by atoms with E-state index in [1.165, 1.54) is 7.11 Å². The molecule has 0 radical (unpaired) electrons. The summed E-state index contributed by atoms with van der Waals surface area (Å²) >= 11 is 0. The van der Waals surface area contributed by atoms with E-state index < -0.39 is 5.97 Å². The highest BCUT2D eigenvalue weighted by Crippen LogP contribution is 2.14. The van der Waals surface area contributed by atoms with E-state index >= 15 is 0 Å². The number of carbonyl (C=O) groups excluding carboxylic acids is 2. The largest absolute Gasteiger partial charge is 0.492 e. The van der Waals surface area contributed by atoms with E-state index in [1.807, 2.05) is 43.1 Å². The number of rotatable bonds is 8. The molecule has 0 aromatic heterocycles. The van der Waals surface area contributed by atoms with E-state index in [4.69, 9.17) is 4.74 Å². The minimum Gasteiger partial charge on any atom is -0.492 e. The summed E-state index contributed by atoms with van der Waals surface area (Å²) in [4.78, 5) is 25.4. The second kappa shape index (κ2) is 9.58. The molecule has 26 heavy (non-hydrogen) atoms. The number of hydrogen-bond donors (Lipinski definition) is 1. The Bertz CT molecular complexity index is 744. The van der Waals surface area contributed by atoms with Gasteiger partial charge >= 0.3 is 5.97 Å². The van der Waals surface area contributed by atoms with Crippen LogP contribution in [-0.2, 0) is 9.53 Å². The molecule has 0 atom stereocenters. The molecule has 0 fully saturated rings. The van der Waals surface area contributed by atoms with Crippen LogP contribution in [0, 0.1) is 6.92 Å². The van der Waals surface area contributed by atoms with Crippen LogP contribution in [0.15, 0.2) is 48.5 Å². The maximum Gasteiger partial charge on any atom is 0.337 e. The van der Waals surface area contributed by atoms with E-state index in [9.17, 15) is 9.59 Å². The minimum atomic E-state index is -0.402. The molecule has 1 amide bonds. The number of ether oxygens (including phenoxy) is 2. The summed E-state index contributed by atoms with van der Waals surface area (Å²) in [7, 11) is 3.19. The molecule has 0 aliphatic rings. The van der Waals surface area contributed by atoms with Crippen LogP contribution in [0.1, 0.15) is 15.9 Å². The van der Waals surface area contributed by atoms with Gasteiger partial charge in [-0.1, -0.05) is 23.8 Å². The number of aryl methyl sites for hydroxylation is 1. The fraction of sp³-hybridized carbons (Fsp3) is 0.300. The molecule has 0 bridgehead atoms. The van der Waals surface area contributed by atoms with E-state index in [0.29, 0.717) is 24.5 Å². The SMILES string of the molecule is COC(=O)c1cccc(OCCN(C)CC(=O)Nc2ccc(C)cc2)c1. The van der Waals surface area contributed by atoms with E-state index in [0.717, 1.165) is 11.3 Å². The standard InChI is InChI=1S/C20H24N2O4/c1-15-7-9-17(10-8-15)21-19(23)14-22(2)11-12-26-18-6-4-5-16(13-18)20(24)25-3/h4-10,13H,11-12,14H2,1-3H3,(H,21,23). The van der Waals surface area contributed by atoms with Crippen LogP contribution in [0.5, 0.6) is 5.75 Å². The van der Waals surface area contributed by atoms with Gasteiger partial charge in [0.1, 0.15) is 12.4 Å². The van der Waals surface area contributed by atoms with Crippen molar-refractivity contribution in [2.75, 3.05) is 39.2 Å². The molecule has 0 aliphatic heterocycles. The number of anilines is 1. The predicted molar refractivity (Wildman–Crippen MR) is 101 cm³/mol. The zero-order valence-corrected chi connectivity index (χ0v) is 15.3. The lowest BCUT2D eigenvalue weighted by Crippen LogP contribution is -2.33. The van der Waals surface area contributed by atoms with Crippen LogP contribution in [0.3, 0.4) is 0 Å². The van der Waals surface area contributed by atoms with Gasteiger partial charge in [0.05, 0.1) is 19.2 Å². The molecular weight excluding hydrogens is 332 g/mol. The highest BCUT2D eigenvalue weighted by atomic mass is 16.5. The molecule has 2 rings (SSSR count). The summed E-state index contributed by atoms with van der Waals surface area (Å²) < 4.78 is 10.3. The Labute approximate surface area is 153 Å². The van der Waals surface area contributed by atoms with Gasteiger partial charge in [0, 0.05) is 12.2 Å². The third-order valence-corrected chi connectivity index (χ3v) is 3.75. The maximum absolute atomic E-state index is 12.0. The maximum atomic E-state index is 12.0. The van der Waals surface area contributed by atoms with Gasteiger partial charge < -0.3 is 14.8 Å². The Morgan fingerprint density at radius 2 is 1.85 bits per heavy atom. The summed E-state index contributed by atoms with van der Waals surface area (Å²) in [6.45, 7) is 3.24.